The maximum absolute atomic E-state index is 5.37. The van der Waals surface area contributed by atoms with Gasteiger partial charge in [0, 0.05) is 19.2 Å². The molecule has 0 bridgehead atoms. The Kier molecular flexibility index (Phi) is 5.50. The monoisotopic (exact) mass is 221 g/mol. The Labute approximate surface area is 99.0 Å². The average molecular weight is 221 g/mol. The van der Waals surface area contributed by atoms with E-state index in [1.54, 1.807) is 0 Å². The molecule has 0 fully saturated rings. The summed E-state index contributed by atoms with van der Waals surface area (Å²) in [7, 11) is 0. The van der Waals surface area contributed by atoms with Crippen LogP contribution in [0.15, 0.2) is 18.2 Å². The molecular weight excluding hydrogens is 198 g/mol. The lowest BCUT2D eigenvalue weighted by atomic mass is 10.1. The Morgan fingerprint density at radius 3 is 2.38 bits per heavy atom. The van der Waals surface area contributed by atoms with Crippen molar-refractivity contribution in [3.63, 3.8) is 0 Å². The molecule has 0 radical (unpaired) electrons. The Balaban J connectivity index is 2.41. The second-order valence-electron chi connectivity index (χ2n) is 4.44. The van der Waals surface area contributed by atoms with Gasteiger partial charge in [-0.05, 0) is 33.3 Å². The van der Waals surface area contributed by atoms with Crippen LogP contribution in [-0.2, 0) is 11.3 Å². The Hall–Kier alpha value is -0.860. The first-order valence-electron chi connectivity index (χ1n) is 6.00. The third kappa shape index (κ3) is 4.77. The van der Waals surface area contributed by atoms with Crippen molar-refractivity contribution >= 4 is 0 Å². The predicted octanol–water partition coefficient (Wildman–Crippen LogP) is 2.82. The number of ether oxygens (including phenoxy) is 1. The highest BCUT2D eigenvalue weighted by molar-refractivity contribution is 5.28. The molecule has 0 aliphatic heterocycles. The molecule has 0 aliphatic rings. The Morgan fingerprint density at radius 2 is 1.81 bits per heavy atom. The molecule has 0 aromatic heterocycles. The lowest BCUT2D eigenvalue weighted by Gasteiger charge is -2.14. The lowest BCUT2D eigenvalue weighted by Crippen LogP contribution is -2.30. The summed E-state index contributed by atoms with van der Waals surface area (Å²) in [6, 6.07) is 7.06. The third-order valence-corrected chi connectivity index (χ3v) is 2.51. The molecular formula is C14H23NO. The van der Waals surface area contributed by atoms with Crippen molar-refractivity contribution < 1.29 is 4.74 Å². The van der Waals surface area contributed by atoms with Crippen LogP contribution in [0, 0.1) is 13.8 Å². The summed E-state index contributed by atoms with van der Waals surface area (Å²) in [4.78, 5) is 0. The first kappa shape index (κ1) is 13.2. The van der Waals surface area contributed by atoms with Crippen LogP contribution in [-0.4, -0.2) is 19.3 Å². The molecule has 2 nitrogen and oxygen atoms in total. The van der Waals surface area contributed by atoms with Crippen molar-refractivity contribution in [2.45, 2.75) is 40.3 Å². The molecule has 1 atom stereocenters. The highest BCUT2D eigenvalue weighted by Gasteiger charge is 2.01. The molecule has 1 rings (SSSR count). The molecule has 0 saturated heterocycles. The van der Waals surface area contributed by atoms with E-state index in [1.165, 1.54) is 16.7 Å². The number of benzene rings is 1. The van der Waals surface area contributed by atoms with Crippen LogP contribution in [0.3, 0.4) is 0 Å². The quantitative estimate of drug-likeness (QED) is 0.797. The minimum Gasteiger partial charge on any atom is -0.380 e. The fraction of sp³-hybridized carbons (Fsp3) is 0.571. The van der Waals surface area contributed by atoms with Gasteiger partial charge in [0.25, 0.3) is 0 Å². The molecule has 1 unspecified atom stereocenters. The van der Waals surface area contributed by atoms with Crippen LogP contribution >= 0.6 is 0 Å². The van der Waals surface area contributed by atoms with Gasteiger partial charge in [-0.25, -0.2) is 0 Å². The van der Waals surface area contributed by atoms with E-state index in [2.05, 4.69) is 44.3 Å². The van der Waals surface area contributed by atoms with Gasteiger partial charge in [-0.15, -0.1) is 0 Å². The summed E-state index contributed by atoms with van der Waals surface area (Å²) in [5.41, 5.74) is 4.00. The molecule has 0 spiro atoms. The van der Waals surface area contributed by atoms with Gasteiger partial charge in [-0.1, -0.05) is 29.3 Å². The molecule has 0 heterocycles. The molecule has 1 aromatic rings. The Bertz CT molecular complexity index is 302. The number of hydrogen-bond donors (Lipinski definition) is 1. The maximum Gasteiger partial charge on any atom is 0.0616 e. The molecule has 0 saturated carbocycles. The van der Waals surface area contributed by atoms with E-state index < -0.39 is 0 Å². The fourth-order valence-electron chi connectivity index (χ4n) is 1.82. The number of rotatable bonds is 6. The Morgan fingerprint density at radius 1 is 1.19 bits per heavy atom. The topological polar surface area (TPSA) is 21.3 Å². The zero-order valence-corrected chi connectivity index (χ0v) is 10.8. The zero-order valence-electron chi connectivity index (χ0n) is 10.8. The summed E-state index contributed by atoms with van der Waals surface area (Å²) in [5, 5.41) is 3.46. The fourth-order valence-corrected chi connectivity index (χ4v) is 1.82. The third-order valence-electron chi connectivity index (χ3n) is 2.51. The van der Waals surface area contributed by atoms with E-state index in [4.69, 9.17) is 4.74 Å². The summed E-state index contributed by atoms with van der Waals surface area (Å²) in [6.07, 6.45) is 0. The van der Waals surface area contributed by atoms with E-state index >= 15 is 0 Å². The highest BCUT2D eigenvalue weighted by Crippen LogP contribution is 2.08. The van der Waals surface area contributed by atoms with E-state index in [-0.39, 0.29) is 0 Å². The van der Waals surface area contributed by atoms with Gasteiger partial charge in [-0.2, -0.15) is 0 Å². The van der Waals surface area contributed by atoms with Crippen LogP contribution < -0.4 is 5.32 Å². The van der Waals surface area contributed by atoms with Crippen molar-refractivity contribution in [1.29, 1.82) is 0 Å². The van der Waals surface area contributed by atoms with Crippen molar-refractivity contribution in [3.05, 3.63) is 34.9 Å². The second-order valence-corrected chi connectivity index (χ2v) is 4.44. The molecule has 1 aromatic carbocycles. The van der Waals surface area contributed by atoms with Crippen LogP contribution in [0.2, 0.25) is 0 Å². The standard InChI is InChI=1S/C14H23NO/c1-5-16-10-13(4)15-9-14-7-11(2)6-12(3)8-14/h6-8,13,15H,5,9-10H2,1-4H3. The van der Waals surface area contributed by atoms with Crippen molar-refractivity contribution in [2.75, 3.05) is 13.2 Å². The van der Waals surface area contributed by atoms with E-state index in [0.717, 1.165) is 19.8 Å². The van der Waals surface area contributed by atoms with E-state index in [1.807, 2.05) is 6.92 Å². The van der Waals surface area contributed by atoms with Gasteiger partial charge < -0.3 is 10.1 Å². The SMILES string of the molecule is CCOCC(C)NCc1cc(C)cc(C)c1. The first-order chi connectivity index (χ1) is 7.61. The van der Waals surface area contributed by atoms with Crippen LogP contribution in [0.1, 0.15) is 30.5 Å². The van der Waals surface area contributed by atoms with Crippen molar-refractivity contribution in [1.82, 2.24) is 5.32 Å². The predicted molar refractivity (Wildman–Crippen MR) is 68.7 cm³/mol. The molecule has 16 heavy (non-hydrogen) atoms. The van der Waals surface area contributed by atoms with Gasteiger partial charge >= 0.3 is 0 Å². The number of aryl methyl sites for hydroxylation is 2. The number of hydrogen-bond acceptors (Lipinski definition) is 2. The molecule has 0 amide bonds. The van der Waals surface area contributed by atoms with Crippen LogP contribution in [0.5, 0.6) is 0 Å². The summed E-state index contributed by atoms with van der Waals surface area (Å²) < 4.78 is 5.37. The smallest absolute Gasteiger partial charge is 0.0616 e. The first-order valence-corrected chi connectivity index (χ1v) is 6.00. The van der Waals surface area contributed by atoms with Crippen molar-refractivity contribution in [2.24, 2.45) is 0 Å². The molecule has 90 valence electrons. The van der Waals surface area contributed by atoms with Gasteiger partial charge in [-0.3, -0.25) is 0 Å². The van der Waals surface area contributed by atoms with Crippen LogP contribution in [0.4, 0.5) is 0 Å². The van der Waals surface area contributed by atoms with Crippen LogP contribution in [0.25, 0.3) is 0 Å². The largest absolute Gasteiger partial charge is 0.380 e. The van der Waals surface area contributed by atoms with E-state index in [0.29, 0.717) is 6.04 Å². The summed E-state index contributed by atoms with van der Waals surface area (Å²) >= 11 is 0. The molecule has 0 aliphatic carbocycles. The highest BCUT2D eigenvalue weighted by atomic mass is 16.5. The van der Waals surface area contributed by atoms with Gasteiger partial charge in [0.2, 0.25) is 0 Å². The van der Waals surface area contributed by atoms with E-state index in [9.17, 15) is 0 Å². The molecule has 2 heteroatoms. The van der Waals surface area contributed by atoms with Gasteiger partial charge in [0.05, 0.1) is 6.61 Å². The minimum absolute atomic E-state index is 0.403. The summed E-state index contributed by atoms with van der Waals surface area (Å²) in [6.45, 7) is 10.9. The maximum atomic E-state index is 5.37. The van der Waals surface area contributed by atoms with Gasteiger partial charge in [0.1, 0.15) is 0 Å². The average Bonchev–Trinajstić information content (AvgIpc) is 2.22. The number of nitrogens with one attached hydrogen (secondary N) is 1. The summed E-state index contributed by atoms with van der Waals surface area (Å²) in [5.74, 6) is 0. The van der Waals surface area contributed by atoms with Gasteiger partial charge in [0.15, 0.2) is 0 Å². The normalized spacial score (nSPS) is 12.8. The second kappa shape index (κ2) is 6.66. The molecule has 1 N–H and O–H groups in total. The zero-order chi connectivity index (χ0) is 12.0. The minimum atomic E-state index is 0.403. The lowest BCUT2D eigenvalue weighted by molar-refractivity contribution is 0.127. The van der Waals surface area contributed by atoms with Crippen molar-refractivity contribution in [3.8, 4) is 0 Å².